The first-order chi connectivity index (χ1) is 15.1. The number of methoxy groups -OCH3 is 1. The van der Waals surface area contributed by atoms with Crippen molar-refractivity contribution >= 4 is 17.5 Å². The third-order valence-corrected chi connectivity index (χ3v) is 4.94. The summed E-state index contributed by atoms with van der Waals surface area (Å²) in [6.07, 6.45) is 0. The molecule has 2 aliphatic heterocycles. The van der Waals surface area contributed by atoms with Crippen molar-refractivity contribution in [1.29, 1.82) is 0 Å². The maximum Gasteiger partial charge on any atom is 0.260 e. The van der Waals surface area contributed by atoms with E-state index >= 15 is 0 Å². The van der Waals surface area contributed by atoms with Gasteiger partial charge in [-0.2, -0.15) is 0 Å². The van der Waals surface area contributed by atoms with E-state index < -0.39 is 0 Å². The van der Waals surface area contributed by atoms with Gasteiger partial charge in [-0.3, -0.25) is 9.59 Å². The van der Waals surface area contributed by atoms with Gasteiger partial charge in [-0.15, -0.1) is 0 Å². The molecule has 1 saturated heterocycles. The lowest BCUT2D eigenvalue weighted by Crippen LogP contribution is -2.43. The predicted molar refractivity (Wildman–Crippen MR) is 111 cm³/mol. The lowest BCUT2D eigenvalue weighted by molar-refractivity contribution is -0.137. The van der Waals surface area contributed by atoms with Gasteiger partial charge in [0.1, 0.15) is 13.2 Å². The van der Waals surface area contributed by atoms with Gasteiger partial charge in [0.25, 0.3) is 11.8 Å². The molecule has 2 aliphatic rings. The number of rotatable bonds is 6. The van der Waals surface area contributed by atoms with Crippen LogP contribution in [0.5, 0.6) is 23.0 Å². The van der Waals surface area contributed by atoms with Gasteiger partial charge >= 0.3 is 0 Å². The van der Waals surface area contributed by atoms with E-state index in [1.807, 2.05) is 0 Å². The van der Waals surface area contributed by atoms with Crippen LogP contribution in [0, 0.1) is 0 Å². The highest BCUT2D eigenvalue weighted by Gasteiger charge is 2.19. The number of carbonyl (C=O) groups excluding carboxylic acids is 2. The van der Waals surface area contributed by atoms with Crippen LogP contribution in [-0.2, 0) is 9.53 Å². The van der Waals surface area contributed by atoms with Gasteiger partial charge in [0.2, 0.25) is 0 Å². The Kier molecular flexibility index (Phi) is 6.42. The molecule has 1 N–H and O–H groups in total. The number of hydrogen-bond donors (Lipinski definition) is 1. The van der Waals surface area contributed by atoms with Crippen LogP contribution in [0.1, 0.15) is 10.4 Å². The molecule has 9 nitrogen and oxygen atoms in total. The molecule has 2 aromatic rings. The van der Waals surface area contributed by atoms with Crippen molar-refractivity contribution in [3.8, 4) is 23.0 Å². The van der Waals surface area contributed by atoms with Crippen LogP contribution in [-0.4, -0.2) is 69.9 Å². The fourth-order valence-electron chi connectivity index (χ4n) is 3.30. The summed E-state index contributed by atoms with van der Waals surface area (Å²) >= 11 is 0. The van der Waals surface area contributed by atoms with E-state index in [9.17, 15) is 9.59 Å². The number of nitrogens with zero attached hydrogens (tertiary/aromatic N) is 1. The number of carbonyl (C=O) groups is 2. The third-order valence-electron chi connectivity index (χ3n) is 4.94. The fraction of sp³-hybridized carbons (Fsp3) is 0.364. The first kappa shape index (κ1) is 20.8. The van der Waals surface area contributed by atoms with Gasteiger partial charge in [0.15, 0.2) is 29.6 Å². The summed E-state index contributed by atoms with van der Waals surface area (Å²) in [7, 11) is 1.48. The molecule has 9 heteroatoms. The number of fused-ring (bicyclic) bond motifs is 1. The minimum Gasteiger partial charge on any atom is -0.493 e. The normalized spacial score (nSPS) is 15.2. The van der Waals surface area contributed by atoms with E-state index in [0.717, 1.165) is 0 Å². The fourth-order valence-corrected chi connectivity index (χ4v) is 3.30. The number of anilines is 1. The average molecular weight is 428 g/mol. The van der Waals surface area contributed by atoms with Crippen molar-refractivity contribution in [3.05, 3.63) is 42.0 Å². The van der Waals surface area contributed by atoms with E-state index in [0.29, 0.717) is 73.8 Å². The van der Waals surface area contributed by atoms with Crippen molar-refractivity contribution in [1.82, 2.24) is 4.90 Å². The van der Waals surface area contributed by atoms with E-state index in [1.165, 1.54) is 7.11 Å². The van der Waals surface area contributed by atoms with Gasteiger partial charge in [-0.25, -0.2) is 0 Å². The Balaban J connectivity index is 1.40. The molecule has 2 heterocycles. The van der Waals surface area contributed by atoms with E-state index in [2.05, 4.69) is 5.32 Å². The Hall–Kier alpha value is -3.46. The largest absolute Gasteiger partial charge is 0.493 e. The van der Waals surface area contributed by atoms with Gasteiger partial charge in [-0.05, 0) is 30.3 Å². The van der Waals surface area contributed by atoms with Crippen molar-refractivity contribution in [3.63, 3.8) is 0 Å². The minimum absolute atomic E-state index is 0.112. The Morgan fingerprint density at radius 3 is 2.52 bits per heavy atom. The van der Waals surface area contributed by atoms with Crippen molar-refractivity contribution in [2.24, 2.45) is 0 Å². The van der Waals surface area contributed by atoms with Crippen LogP contribution in [0.2, 0.25) is 0 Å². The molecule has 0 spiro atoms. The van der Waals surface area contributed by atoms with Crippen LogP contribution < -0.4 is 24.3 Å². The van der Waals surface area contributed by atoms with E-state index in [-0.39, 0.29) is 18.4 Å². The smallest absolute Gasteiger partial charge is 0.260 e. The number of benzene rings is 2. The van der Waals surface area contributed by atoms with Gasteiger partial charge in [0.05, 0.1) is 20.3 Å². The van der Waals surface area contributed by atoms with Gasteiger partial charge in [0, 0.05) is 30.4 Å². The summed E-state index contributed by atoms with van der Waals surface area (Å²) in [6, 6.07) is 10.0. The highest BCUT2D eigenvalue weighted by Crippen LogP contribution is 2.33. The highest BCUT2D eigenvalue weighted by molar-refractivity contribution is 6.04. The SMILES string of the molecule is COc1cc(C(=O)Nc2ccc3c(c2)OCCO3)ccc1OCC(=O)N1CCOCC1. The molecule has 1 fully saturated rings. The van der Waals surface area contributed by atoms with Crippen LogP contribution in [0.4, 0.5) is 5.69 Å². The van der Waals surface area contributed by atoms with Crippen LogP contribution in [0.15, 0.2) is 36.4 Å². The summed E-state index contributed by atoms with van der Waals surface area (Å²) in [6.45, 7) is 3.03. The Labute approximate surface area is 179 Å². The van der Waals surface area contributed by atoms with Crippen LogP contribution >= 0.6 is 0 Å². The second kappa shape index (κ2) is 9.57. The number of amides is 2. The summed E-state index contributed by atoms with van der Waals surface area (Å²) in [5.74, 6) is 1.57. The molecule has 0 atom stereocenters. The molecule has 2 aromatic carbocycles. The molecule has 0 aliphatic carbocycles. The second-order valence-corrected chi connectivity index (χ2v) is 6.96. The summed E-state index contributed by atoms with van der Waals surface area (Å²) in [5, 5.41) is 2.83. The molecule has 0 saturated carbocycles. The molecule has 0 radical (unpaired) electrons. The quantitative estimate of drug-likeness (QED) is 0.751. The molecular formula is C22H24N2O7. The molecule has 0 bridgehead atoms. The zero-order chi connectivity index (χ0) is 21.6. The standard InChI is InChI=1S/C22H24N2O7/c1-27-19-12-15(2-4-17(19)31-14-21(25)24-6-8-28-9-7-24)22(26)23-16-3-5-18-20(13-16)30-11-10-29-18/h2-5,12-13H,6-11,14H2,1H3,(H,23,26). The maximum absolute atomic E-state index is 12.7. The predicted octanol–water partition coefficient (Wildman–Crippen LogP) is 1.96. The average Bonchev–Trinajstić information content (AvgIpc) is 2.82. The third kappa shape index (κ3) is 5.00. The molecule has 2 amide bonds. The summed E-state index contributed by atoms with van der Waals surface area (Å²) in [5.41, 5.74) is 0.975. The zero-order valence-electron chi connectivity index (χ0n) is 17.2. The lowest BCUT2D eigenvalue weighted by atomic mass is 10.1. The van der Waals surface area contributed by atoms with E-state index in [4.69, 9.17) is 23.7 Å². The number of morpholine rings is 1. The first-order valence-corrected chi connectivity index (χ1v) is 10.0. The number of ether oxygens (including phenoxy) is 5. The first-order valence-electron chi connectivity index (χ1n) is 10.0. The van der Waals surface area contributed by atoms with Gasteiger partial charge < -0.3 is 33.9 Å². The monoisotopic (exact) mass is 428 g/mol. The molecule has 4 rings (SSSR count). The Bertz CT molecular complexity index is 957. The minimum atomic E-state index is -0.314. The van der Waals surface area contributed by atoms with Crippen LogP contribution in [0.3, 0.4) is 0 Å². The molecule has 31 heavy (non-hydrogen) atoms. The lowest BCUT2D eigenvalue weighted by Gasteiger charge is -2.26. The molecule has 164 valence electrons. The Morgan fingerprint density at radius 2 is 1.74 bits per heavy atom. The summed E-state index contributed by atoms with van der Waals surface area (Å²) < 4.78 is 27.3. The maximum atomic E-state index is 12.7. The van der Waals surface area contributed by atoms with Crippen molar-refractivity contribution in [2.45, 2.75) is 0 Å². The number of hydrogen-bond acceptors (Lipinski definition) is 7. The van der Waals surface area contributed by atoms with Gasteiger partial charge in [-0.1, -0.05) is 0 Å². The second-order valence-electron chi connectivity index (χ2n) is 6.96. The topological polar surface area (TPSA) is 95.6 Å². The molecular weight excluding hydrogens is 404 g/mol. The van der Waals surface area contributed by atoms with E-state index in [1.54, 1.807) is 41.3 Å². The van der Waals surface area contributed by atoms with Crippen molar-refractivity contribution in [2.75, 3.05) is 58.6 Å². The van der Waals surface area contributed by atoms with Crippen molar-refractivity contribution < 1.29 is 33.3 Å². The molecule has 0 aromatic heterocycles. The van der Waals surface area contributed by atoms with Crippen LogP contribution in [0.25, 0.3) is 0 Å². The highest BCUT2D eigenvalue weighted by atomic mass is 16.6. The zero-order valence-corrected chi connectivity index (χ0v) is 17.2. The Morgan fingerprint density at radius 1 is 0.968 bits per heavy atom. The summed E-state index contributed by atoms with van der Waals surface area (Å²) in [4.78, 5) is 26.7. The molecule has 0 unspecified atom stereocenters. The number of nitrogens with one attached hydrogen (secondary N) is 1.